The molecule has 0 amide bonds. The van der Waals surface area contributed by atoms with Gasteiger partial charge in [-0.2, -0.15) is 0 Å². The zero-order valence-electron chi connectivity index (χ0n) is 10.2. The highest BCUT2D eigenvalue weighted by molar-refractivity contribution is 6.32. The molecule has 1 saturated heterocycles. The van der Waals surface area contributed by atoms with Crippen molar-refractivity contribution in [2.45, 2.75) is 12.5 Å². The first-order valence-electron chi connectivity index (χ1n) is 6.06. The lowest BCUT2D eigenvalue weighted by Gasteiger charge is -2.16. The van der Waals surface area contributed by atoms with Crippen LogP contribution >= 0.6 is 11.6 Å². The molecule has 1 N–H and O–H groups in total. The van der Waals surface area contributed by atoms with E-state index in [4.69, 9.17) is 16.3 Å². The van der Waals surface area contributed by atoms with E-state index in [9.17, 15) is 0 Å². The Balaban J connectivity index is 1.72. The summed E-state index contributed by atoms with van der Waals surface area (Å²) in [6.07, 6.45) is 1.22. The van der Waals surface area contributed by atoms with Gasteiger partial charge in [-0.05, 0) is 32.1 Å². The fourth-order valence-corrected chi connectivity index (χ4v) is 2.31. The van der Waals surface area contributed by atoms with Crippen molar-refractivity contribution in [2.24, 2.45) is 0 Å². The number of likely N-dealkylation sites (tertiary alicyclic amines) is 1. The molecule has 1 fully saturated rings. The monoisotopic (exact) mass is 254 g/mol. The normalized spacial score (nSPS) is 20.7. The first-order valence-corrected chi connectivity index (χ1v) is 6.44. The minimum absolute atomic E-state index is 0.635. The van der Waals surface area contributed by atoms with Gasteiger partial charge in [0.25, 0.3) is 0 Å². The Bertz CT molecular complexity index is 359. The van der Waals surface area contributed by atoms with Gasteiger partial charge in [-0.25, -0.2) is 0 Å². The molecule has 94 valence electrons. The summed E-state index contributed by atoms with van der Waals surface area (Å²) < 4.78 is 5.67. The van der Waals surface area contributed by atoms with Crippen molar-refractivity contribution in [3.05, 3.63) is 29.3 Å². The van der Waals surface area contributed by atoms with Gasteiger partial charge >= 0.3 is 0 Å². The molecule has 0 bridgehead atoms. The highest BCUT2D eigenvalue weighted by Gasteiger charge is 2.20. The van der Waals surface area contributed by atoms with Crippen LogP contribution in [-0.4, -0.2) is 44.2 Å². The molecular weight excluding hydrogens is 236 g/mol. The fraction of sp³-hybridized carbons (Fsp3) is 0.538. The van der Waals surface area contributed by atoms with Crippen LogP contribution in [-0.2, 0) is 0 Å². The predicted molar refractivity (Wildman–Crippen MR) is 70.9 cm³/mol. The molecule has 4 heteroatoms. The number of rotatable bonds is 5. The van der Waals surface area contributed by atoms with E-state index in [1.807, 2.05) is 31.3 Å². The number of para-hydroxylation sites is 1. The Morgan fingerprint density at radius 1 is 1.47 bits per heavy atom. The average Bonchev–Trinajstić information content (AvgIpc) is 2.80. The first-order chi connectivity index (χ1) is 8.29. The minimum atomic E-state index is 0.635. The number of likely N-dealkylation sites (N-methyl/N-ethyl adjacent to an activating group) is 1. The van der Waals surface area contributed by atoms with Crippen molar-refractivity contribution in [2.75, 3.05) is 33.3 Å². The molecule has 1 aromatic rings. The molecule has 0 spiro atoms. The molecule has 0 radical (unpaired) electrons. The summed E-state index contributed by atoms with van der Waals surface area (Å²) in [6.45, 7) is 3.92. The second-order valence-electron chi connectivity index (χ2n) is 4.35. The van der Waals surface area contributed by atoms with Crippen molar-refractivity contribution in [1.29, 1.82) is 0 Å². The number of nitrogens with one attached hydrogen (secondary N) is 1. The Hall–Kier alpha value is -0.770. The number of halogens is 1. The third kappa shape index (κ3) is 3.60. The lowest BCUT2D eigenvalue weighted by molar-refractivity contribution is 0.235. The Labute approximate surface area is 108 Å². The maximum absolute atomic E-state index is 6.02. The molecule has 1 aliphatic rings. The molecule has 1 atom stereocenters. The molecule has 1 aromatic carbocycles. The molecule has 1 unspecified atom stereocenters. The van der Waals surface area contributed by atoms with Gasteiger partial charge in [0.05, 0.1) is 5.02 Å². The van der Waals surface area contributed by atoms with Gasteiger partial charge < -0.3 is 10.1 Å². The van der Waals surface area contributed by atoms with E-state index in [0.717, 1.165) is 25.4 Å². The molecule has 0 aliphatic carbocycles. The molecule has 1 aliphatic heterocycles. The van der Waals surface area contributed by atoms with Crippen LogP contribution in [0.4, 0.5) is 0 Å². The number of nitrogens with zero attached hydrogens (tertiary/aromatic N) is 1. The number of benzene rings is 1. The van der Waals surface area contributed by atoms with Gasteiger partial charge in [0, 0.05) is 19.1 Å². The summed E-state index contributed by atoms with van der Waals surface area (Å²) in [6, 6.07) is 8.24. The van der Waals surface area contributed by atoms with Gasteiger partial charge in [0.1, 0.15) is 12.4 Å². The summed E-state index contributed by atoms with van der Waals surface area (Å²) in [5, 5.41) is 3.99. The molecule has 0 aromatic heterocycles. The van der Waals surface area contributed by atoms with Crippen LogP contribution in [0.5, 0.6) is 5.75 Å². The maximum atomic E-state index is 6.02. The molecular formula is C13H19ClN2O. The van der Waals surface area contributed by atoms with Crippen LogP contribution in [0.15, 0.2) is 24.3 Å². The van der Waals surface area contributed by atoms with Crippen molar-refractivity contribution >= 4 is 11.6 Å². The number of hydrogen-bond acceptors (Lipinski definition) is 3. The van der Waals surface area contributed by atoms with Crippen molar-refractivity contribution in [3.63, 3.8) is 0 Å². The van der Waals surface area contributed by atoms with Gasteiger partial charge in [-0.15, -0.1) is 0 Å². The highest BCUT2D eigenvalue weighted by atomic mass is 35.5. The average molecular weight is 255 g/mol. The second kappa shape index (κ2) is 6.24. The zero-order valence-corrected chi connectivity index (χ0v) is 10.9. The second-order valence-corrected chi connectivity index (χ2v) is 4.76. The Morgan fingerprint density at radius 3 is 3.00 bits per heavy atom. The van der Waals surface area contributed by atoms with Crippen LogP contribution in [0, 0.1) is 0 Å². The van der Waals surface area contributed by atoms with Gasteiger partial charge in [0.15, 0.2) is 0 Å². The zero-order chi connectivity index (χ0) is 12.1. The SMILES string of the molecule is CNC1CCN(CCOc2ccccc2Cl)C1. The summed E-state index contributed by atoms with van der Waals surface area (Å²) in [5.41, 5.74) is 0. The maximum Gasteiger partial charge on any atom is 0.137 e. The standard InChI is InChI=1S/C13H19ClN2O/c1-15-11-6-7-16(10-11)8-9-17-13-5-3-2-4-12(13)14/h2-5,11,15H,6-10H2,1H3. The van der Waals surface area contributed by atoms with Crippen LogP contribution in [0.3, 0.4) is 0 Å². The quantitative estimate of drug-likeness (QED) is 0.870. The van der Waals surface area contributed by atoms with Crippen LogP contribution < -0.4 is 10.1 Å². The molecule has 3 nitrogen and oxygen atoms in total. The van der Waals surface area contributed by atoms with E-state index in [0.29, 0.717) is 17.7 Å². The Morgan fingerprint density at radius 2 is 2.29 bits per heavy atom. The van der Waals surface area contributed by atoms with E-state index in [2.05, 4.69) is 10.2 Å². The van der Waals surface area contributed by atoms with Crippen LogP contribution in [0.1, 0.15) is 6.42 Å². The van der Waals surface area contributed by atoms with E-state index >= 15 is 0 Å². The topological polar surface area (TPSA) is 24.5 Å². The summed E-state index contributed by atoms with van der Waals surface area (Å²) in [5.74, 6) is 0.776. The van der Waals surface area contributed by atoms with Crippen molar-refractivity contribution < 1.29 is 4.74 Å². The largest absolute Gasteiger partial charge is 0.491 e. The smallest absolute Gasteiger partial charge is 0.137 e. The lowest BCUT2D eigenvalue weighted by Crippen LogP contribution is -2.31. The van der Waals surface area contributed by atoms with Crippen LogP contribution in [0.2, 0.25) is 5.02 Å². The molecule has 1 heterocycles. The van der Waals surface area contributed by atoms with Gasteiger partial charge in [-0.3, -0.25) is 4.90 Å². The summed E-state index contributed by atoms with van der Waals surface area (Å²) >= 11 is 6.02. The molecule has 0 saturated carbocycles. The molecule has 17 heavy (non-hydrogen) atoms. The van der Waals surface area contributed by atoms with Crippen molar-refractivity contribution in [3.8, 4) is 5.75 Å². The third-order valence-corrected chi connectivity index (χ3v) is 3.49. The van der Waals surface area contributed by atoms with E-state index in [1.54, 1.807) is 0 Å². The predicted octanol–water partition coefficient (Wildman–Crippen LogP) is 2.01. The minimum Gasteiger partial charge on any atom is -0.491 e. The fourth-order valence-electron chi connectivity index (χ4n) is 2.12. The van der Waals surface area contributed by atoms with E-state index < -0.39 is 0 Å². The third-order valence-electron chi connectivity index (χ3n) is 3.18. The van der Waals surface area contributed by atoms with Crippen molar-refractivity contribution in [1.82, 2.24) is 10.2 Å². The Kier molecular flexibility index (Phi) is 4.66. The number of hydrogen-bond donors (Lipinski definition) is 1. The van der Waals surface area contributed by atoms with Crippen LogP contribution in [0.25, 0.3) is 0 Å². The lowest BCUT2D eigenvalue weighted by atomic mass is 10.3. The first kappa shape index (κ1) is 12.7. The highest BCUT2D eigenvalue weighted by Crippen LogP contribution is 2.23. The molecule has 2 rings (SSSR count). The van der Waals surface area contributed by atoms with Gasteiger partial charge in [-0.1, -0.05) is 23.7 Å². The summed E-state index contributed by atoms with van der Waals surface area (Å²) in [7, 11) is 2.02. The van der Waals surface area contributed by atoms with E-state index in [-0.39, 0.29) is 0 Å². The summed E-state index contributed by atoms with van der Waals surface area (Å²) in [4.78, 5) is 2.41. The van der Waals surface area contributed by atoms with Gasteiger partial charge in [0.2, 0.25) is 0 Å². The number of ether oxygens (including phenoxy) is 1. The van der Waals surface area contributed by atoms with E-state index in [1.165, 1.54) is 6.42 Å².